The van der Waals surface area contributed by atoms with E-state index < -0.39 is 5.91 Å². The molecule has 0 aromatic heterocycles. The monoisotopic (exact) mass is 448 g/mol. The number of hydrogen-bond donors (Lipinski definition) is 4. The first-order valence-electron chi connectivity index (χ1n) is 10.2. The molecule has 0 aliphatic carbocycles. The fourth-order valence-electron chi connectivity index (χ4n) is 3.12. The van der Waals surface area contributed by atoms with Crippen molar-refractivity contribution >= 4 is 45.8 Å². The molecule has 0 heterocycles. The van der Waals surface area contributed by atoms with Crippen LogP contribution in [0.4, 0.5) is 0 Å². The Morgan fingerprint density at radius 3 is 2.22 bits per heavy atom. The highest BCUT2D eigenvalue weighted by atomic mass is 32.1. The van der Waals surface area contributed by atoms with Gasteiger partial charge in [0.15, 0.2) is 5.11 Å². The Morgan fingerprint density at radius 1 is 0.719 bits per heavy atom. The predicted molar refractivity (Wildman–Crippen MR) is 127 cm³/mol. The first-order valence-corrected chi connectivity index (χ1v) is 10.6. The van der Waals surface area contributed by atoms with Crippen LogP contribution in [-0.2, 0) is 27.3 Å². The van der Waals surface area contributed by atoms with Crippen LogP contribution in [0, 0.1) is 0 Å². The molecular formula is C24H24N4O3S. The van der Waals surface area contributed by atoms with E-state index in [1.165, 1.54) is 0 Å². The SMILES string of the molecule is O=C(CCC(=O)NNC(=S)NC(=O)Cc1cccc2ccccc12)NCc1ccccc1. The Hall–Kier alpha value is -3.78. The molecular weight excluding hydrogens is 424 g/mol. The highest BCUT2D eigenvalue weighted by molar-refractivity contribution is 7.80. The lowest BCUT2D eigenvalue weighted by atomic mass is 10.0. The van der Waals surface area contributed by atoms with Gasteiger partial charge in [0.05, 0.1) is 6.42 Å². The van der Waals surface area contributed by atoms with Gasteiger partial charge in [0.2, 0.25) is 17.7 Å². The van der Waals surface area contributed by atoms with Gasteiger partial charge in [-0.15, -0.1) is 0 Å². The second-order valence-corrected chi connectivity index (χ2v) is 7.54. The molecule has 7 nitrogen and oxygen atoms in total. The molecule has 0 unspecified atom stereocenters. The molecule has 0 atom stereocenters. The van der Waals surface area contributed by atoms with Gasteiger partial charge in [-0.1, -0.05) is 72.8 Å². The van der Waals surface area contributed by atoms with Crippen LogP contribution in [0.5, 0.6) is 0 Å². The van der Waals surface area contributed by atoms with Gasteiger partial charge in [-0.3, -0.25) is 25.2 Å². The first-order chi connectivity index (χ1) is 15.5. The lowest BCUT2D eigenvalue weighted by Gasteiger charge is -2.11. The Kier molecular flexibility index (Phi) is 8.28. The third kappa shape index (κ3) is 7.17. The Balaban J connectivity index is 1.35. The van der Waals surface area contributed by atoms with Crippen LogP contribution in [-0.4, -0.2) is 22.8 Å². The number of carbonyl (C=O) groups is 3. The zero-order valence-electron chi connectivity index (χ0n) is 17.4. The molecule has 0 spiro atoms. The van der Waals surface area contributed by atoms with Crippen LogP contribution >= 0.6 is 12.2 Å². The van der Waals surface area contributed by atoms with Gasteiger partial charge in [0.1, 0.15) is 0 Å². The Bertz CT molecular complexity index is 1110. The van der Waals surface area contributed by atoms with Crippen molar-refractivity contribution in [3.05, 3.63) is 83.9 Å². The van der Waals surface area contributed by atoms with E-state index in [9.17, 15) is 14.4 Å². The normalized spacial score (nSPS) is 10.2. The number of hydrazine groups is 1. The minimum absolute atomic E-state index is 0.0137. The molecule has 3 aromatic carbocycles. The summed E-state index contributed by atoms with van der Waals surface area (Å²) in [6, 6.07) is 23.1. The van der Waals surface area contributed by atoms with E-state index in [0.717, 1.165) is 21.9 Å². The number of rotatable bonds is 7. The minimum atomic E-state index is -0.412. The quantitative estimate of drug-likeness (QED) is 0.329. The number of fused-ring (bicyclic) bond motifs is 1. The number of hydrogen-bond acceptors (Lipinski definition) is 4. The zero-order chi connectivity index (χ0) is 22.8. The number of benzene rings is 3. The second kappa shape index (κ2) is 11.6. The molecule has 0 saturated carbocycles. The molecule has 0 fully saturated rings. The Morgan fingerprint density at radius 2 is 1.41 bits per heavy atom. The third-order valence-electron chi connectivity index (χ3n) is 4.71. The van der Waals surface area contributed by atoms with E-state index in [0.29, 0.717) is 6.54 Å². The summed E-state index contributed by atoms with van der Waals surface area (Å²) in [7, 11) is 0. The number of thiocarbonyl (C=S) groups is 1. The lowest BCUT2D eigenvalue weighted by molar-refractivity contribution is -0.126. The molecule has 3 amide bonds. The maximum Gasteiger partial charge on any atom is 0.238 e. The molecule has 4 N–H and O–H groups in total. The third-order valence-corrected chi connectivity index (χ3v) is 4.92. The second-order valence-electron chi connectivity index (χ2n) is 7.13. The van der Waals surface area contributed by atoms with Crippen LogP contribution in [0.3, 0.4) is 0 Å². The average molecular weight is 449 g/mol. The summed E-state index contributed by atoms with van der Waals surface area (Å²) in [6.45, 7) is 0.409. The lowest BCUT2D eigenvalue weighted by Crippen LogP contribution is -2.48. The zero-order valence-corrected chi connectivity index (χ0v) is 18.2. The van der Waals surface area contributed by atoms with Gasteiger partial charge in [-0.25, -0.2) is 0 Å². The van der Waals surface area contributed by atoms with Crippen molar-refractivity contribution in [3.8, 4) is 0 Å². The van der Waals surface area contributed by atoms with Gasteiger partial charge in [-0.05, 0) is 34.1 Å². The van der Waals surface area contributed by atoms with E-state index in [2.05, 4.69) is 21.5 Å². The van der Waals surface area contributed by atoms with Crippen molar-refractivity contribution in [1.82, 2.24) is 21.5 Å². The summed E-state index contributed by atoms with van der Waals surface area (Å²) in [5, 5.41) is 7.34. The fourth-order valence-corrected chi connectivity index (χ4v) is 3.29. The van der Waals surface area contributed by atoms with Gasteiger partial charge in [0.25, 0.3) is 0 Å². The summed E-state index contributed by atoms with van der Waals surface area (Å²) >= 11 is 5.06. The van der Waals surface area contributed by atoms with E-state index in [4.69, 9.17) is 12.2 Å². The van der Waals surface area contributed by atoms with E-state index in [-0.39, 0.29) is 36.2 Å². The molecule has 3 aromatic rings. The van der Waals surface area contributed by atoms with Crippen molar-refractivity contribution in [2.24, 2.45) is 0 Å². The molecule has 0 saturated heterocycles. The predicted octanol–water partition coefficient (Wildman–Crippen LogP) is 2.50. The largest absolute Gasteiger partial charge is 0.352 e. The molecule has 0 bridgehead atoms. The molecule has 0 radical (unpaired) electrons. The number of carbonyl (C=O) groups excluding carboxylic acids is 3. The molecule has 164 valence electrons. The van der Waals surface area contributed by atoms with Crippen LogP contribution in [0.25, 0.3) is 10.8 Å². The van der Waals surface area contributed by atoms with Crippen LogP contribution in [0.1, 0.15) is 24.0 Å². The fraction of sp³-hybridized carbons (Fsp3) is 0.167. The highest BCUT2D eigenvalue weighted by Gasteiger charge is 2.10. The summed E-state index contributed by atoms with van der Waals surface area (Å²) in [4.78, 5) is 36.1. The summed E-state index contributed by atoms with van der Waals surface area (Å²) < 4.78 is 0. The maximum atomic E-state index is 12.3. The smallest absolute Gasteiger partial charge is 0.238 e. The van der Waals surface area contributed by atoms with Crippen molar-refractivity contribution in [2.75, 3.05) is 0 Å². The molecule has 3 rings (SSSR count). The standard InChI is InChI=1S/C24H24N4O3S/c29-21(25-16-17-7-2-1-3-8-17)13-14-22(30)27-28-24(32)26-23(31)15-19-11-6-10-18-9-4-5-12-20(18)19/h1-12H,13-16H2,(H,25,29)(H,27,30)(H2,26,28,31,32). The topological polar surface area (TPSA) is 99.3 Å². The van der Waals surface area contributed by atoms with Gasteiger partial charge in [0, 0.05) is 19.4 Å². The van der Waals surface area contributed by atoms with Crippen LogP contribution in [0.2, 0.25) is 0 Å². The first kappa shape index (κ1) is 22.9. The summed E-state index contributed by atoms with van der Waals surface area (Å²) in [6.07, 6.45) is 0.180. The van der Waals surface area contributed by atoms with Crippen molar-refractivity contribution < 1.29 is 14.4 Å². The maximum absolute atomic E-state index is 12.3. The molecule has 0 aliphatic rings. The van der Waals surface area contributed by atoms with E-state index >= 15 is 0 Å². The number of amides is 3. The minimum Gasteiger partial charge on any atom is -0.352 e. The van der Waals surface area contributed by atoms with Crippen molar-refractivity contribution in [2.45, 2.75) is 25.8 Å². The van der Waals surface area contributed by atoms with Gasteiger partial charge in [-0.2, -0.15) is 0 Å². The molecule has 8 heteroatoms. The van der Waals surface area contributed by atoms with E-state index in [1.54, 1.807) is 0 Å². The van der Waals surface area contributed by atoms with Crippen molar-refractivity contribution in [3.63, 3.8) is 0 Å². The van der Waals surface area contributed by atoms with Crippen molar-refractivity contribution in [1.29, 1.82) is 0 Å². The molecule has 0 aliphatic heterocycles. The summed E-state index contributed by atoms with van der Waals surface area (Å²) in [5.41, 5.74) is 6.74. The Labute approximate surface area is 191 Å². The van der Waals surface area contributed by atoms with Crippen LogP contribution in [0.15, 0.2) is 72.8 Å². The highest BCUT2D eigenvalue weighted by Crippen LogP contribution is 2.18. The van der Waals surface area contributed by atoms with Crippen LogP contribution < -0.4 is 21.5 Å². The number of nitrogens with one attached hydrogen (secondary N) is 4. The van der Waals surface area contributed by atoms with Gasteiger partial charge >= 0.3 is 0 Å². The summed E-state index contributed by atoms with van der Waals surface area (Å²) in [5.74, 6) is -0.936. The average Bonchev–Trinajstić information content (AvgIpc) is 2.81. The van der Waals surface area contributed by atoms with E-state index in [1.807, 2.05) is 72.8 Å². The molecule has 32 heavy (non-hydrogen) atoms. The van der Waals surface area contributed by atoms with Gasteiger partial charge < -0.3 is 10.6 Å².